The summed E-state index contributed by atoms with van der Waals surface area (Å²) in [5.41, 5.74) is 1.25. The summed E-state index contributed by atoms with van der Waals surface area (Å²) in [7, 11) is 0. The molecule has 1 aromatic carbocycles. The molecule has 1 aromatic rings. The van der Waals surface area contributed by atoms with Crippen LogP contribution in [0.15, 0.2) is 18.2 Å². The number of ketones is 2. The van der Waals surface area contributed by atoms with Gasteiger partial charge in [0.2, 0.25) is 5.91 Å². The number of aliphatic carboxylic acids is 1. The van der Waals surface area contributed by atoms with Gasteiger partial charge in [-0.3, -0.25) is 19.2 Å². The van der Waals surface area contributed by atoms with Gasteiger partial charge in [-0.1, -0.05) is 25.7 Å². The molecule has 0 spiro atoms. The topological polar surface area (TPSA) is 101 Å². The molecule has 142 valence electrons. The van der Waals surface area contributed by atoms with Gasteiger partial charge in [-0.05, 0) is 44.9 Å². The highest BCUT2D eigenvalue weighted by Gasteiger charge is 2.10. The van der Waals surface area contributed by atoms with E-state index in [1.165, 1.54) is 19.9 Å². The average molecular weight is 361 g/mol. The first kappa shape index (κ1) is 21.5. The molecule has 0 heterocycles. The van der Waals surface area contributed by atoms with Crippen LogP contribution < -0.4 is 5.32 Å². The van der Waals surface area contributed by atoms with Crippen LogP contribution in [0.25, 0.3) is 0 Å². The molecule has 26 heavy (non-hydrogen) atoms. The summed E-state index contributed by atoms with van der Waals surface area (Å²) in [6.07, 6.45) is 5.77. The number of carbonyl (C=O) groups is 4. The Morgan fingerprint density at radius 3 is 1.69 bits per heavy atom. The number of nitrogens with one attached hydrogen (secondary N) is 1. The molecule has 0 saturated carbocycles. The lowest BCUT2D eigenvalue weighted by atomic mass is 10.0. The highest BCUT2D eigenvalue weighted by molar-refractivity contribution is 6.02. The van der Waals surface area contributed by atoms with Crippen molar-refractivity contribution in [1.29, 1.82) is 0 Å². The first-order valence-corrected chi connectivity index (χ1v) is 8.98. The smallest absolute Gasteiger partial charge is 0.303 e. The molecule has 0 fully saturated rings. The van der Waals surface area contributed by atoms with Crippen molar-refractivity contribution in [3.8, 4) is 0 Å². The van der Waals surface area contributed by atoms with Crippen LogP contribution >= 0.6 is 0 Å². The molecule has 0 aliphatic rings. The van der Waals surface area contributed by atoms with E-state index in [1.54, 1.807) is 12.1 Å². The van der Waals surface area contributed by atoms with E-state index >= 15 is 0 Å². The lowest BCUT2D eigenvalue weighted by molar-refractivity contribution is -0.137. The van der Waals surface area contributed by atoms with E-state index in [4.69, 9.17) is 5.11 Å². The first-order valence-electron chi connectivity index (χ1n) is 8.98. The van der Waals surface area contributed by atoms with Gasteiger partial charge in [0.25, 0.3) is 0 Å². The third-order valence-corrected chi connectivity index (χ3v) is 4.07. The predicted molar refractivity (Wildman–Crippen MR) is 99.7 cm³/mol. The molecule has 1 amide bonds. The number of carboxylic acid groups (broad SMARTS) is 1. The number of carboxylic acids is 1. The van der Waals surface area contributed by atoms with Crippen molar-refractivity contribution in [2.24, 2.45) is 0 Å². The number of rotatable bonds is 12. The molecule has 2 N–H and O–H groups in total. The second-order valence-electron chi connectivity index (χ2n) is 6.47. The lowest BCUT2D eigenvalue weighted by Crippen LogP contribution is -2.12. The van der Waals surface area contributed by atoms with Gasteiger partial charge < -0.3 is 10.4 Å². The van der Waals surface area contributed by atoms with E-state index < -0.39 is 5.97 Å². The van der Waals surface area contributed by atoms with Gasteiger partial charge in [0, 0.05) is 29.7 Å². The maximum Gasteiger partial charge on any atom is 0.303 e. The molecule has 0 aliphatic heterocycles. The van der Waals surface area contributed by atoms with Gasteiger partial charge in [0.05, 0.1) is 0 Å². The highest BCUT2D eigenvalue weighted by Crippen LogP contribution is 2.17. The molecule has 6 heteroatoms. The molecule has 6 nitrogen and oxygen atoms in total. The molecule has 1 rings (SSSR count). The number of amides is 1. The summed E-state index contributed by atoms with van der Waals surface area (Å²) in [6.45, 7) is 2.84. The quantitative estimate of drug-likeness (QED) is 0.428. The number of unbranched alkanes of at least 4 members (excludes halogenated alkanes) is 5. The van der Waals surface area contributed by atoms with Crippen LogP contribution in [-0.4, -0.2) is 28.5 Å². The maximum absolute atomic E-state index is 12.0. The second-order valence-corrected chi connectivity index (χ2v) is 6.47. The van der Waals surface area contributed by atoms with E-state index in [0.29, 0.717) is 29.7 Å². The van der Waals surface area contributed by atoms with Crippen molar-refractivity contribution in [3.05, 3.63) is 29.3 Å². The zero-order valence-corrected chi connectivity index (χ0v) is 15.5. The number of anilines is 1. The highest BCUT2D eigenvalue weighted by atomic mass is 16.4. The summed E-state index contributed by atoms with van der Waals surface area (Å²) in [6, 6.07) is 4.69. The van der Waals surface area contributed by atoms with Crippen molar-refractivity contribution in [2.75, 3.05) is 5.32 Å². The van der Waals surface area contributed by atoms with Crippen molar-refractivity contribution < 1.29 is 24.3 Å². The van der Waals surface area contributed by atoms with Crippen LogP contribution in [0.2, 0.25) is 0 Å². The average Bonchev–Trinajstić information content (AvgIpc) is 2.56. The minimum absolute atomic E-state index is 0.147. The van der Waals surface area contributed by atoms with Gasteiger partial charge in [-0.15, -0.1) is 0 Å². The molecule has 0 unspecified atom stereocenters. The van der Waals surface area contributed by atoms with Gasteiger partial charge >= 0.3 is 5.97 Å². The van der Waals surface area contributed by atoms with Gasteiger partial charge in [-0.25, -0.2) is 0 Å². The van der Waals surface area contributed by atoms with Gasteiger partial charge in [0.15, 0.2) is 11.6 Å². The molecular weight excluding hydrogens is 334 g/mol. The number of carbonyl (C=O) groups excluding carboxylic acids is 3. The fourth-order valence-electron chi connectivity index (χ4n) is 2.60. The van der Waals surface area contributed by atoms with E-state index in [9.17, 15) is 19.2 Å². The number of hydrogen-bond donors (Lipinski definition) is 2. The SMILES string of the molecule is CC(=O)c1cc(NC(=O)CCCCCCCCC(=O)O)cc(C(C)=O)c1. The van der Waals surface area contributed by atoms with Crippen LogP contribution in [0.5, 0.6) is 0 Å². The zero-order chi connectivity index (χ0) is 19.5. The van der Waals surface area contributed by atoms with E-state index in [-0.39, 0.29) is 23.9 Å². The van der Waals surface area contributed by atoms with Crippen molar-refractivity contribution in [3.63, 3.8) is 0 Å². The molecule has 0 saturated heterocycles. The fraction of sp³-hybridized carbons (Fsp3) is 0.500. The summed E-state index contributed by atoms with van der Waals surface area (Å²) in [5.74, 6) is -1.23. The van der Waals surface area contributed by atoms with Crippen molar-refractivity contribution >= 4 is 29.1 Å². The van der Waals surface area contributed by atoms with E-state index in [2.05, 4.69) is 5.32 Å². The minimum atomic E-state index is -0.761. The minimum Gasteiger partial charge on any atom is -0.481 e. The van der Waals surface area contributed by atoms with Gasteiger partial charge in [0.1, 0.15) is 0 Å². The molecule has 0 aliphatic carbocycles. The Bertz CT molecular complexity index is 634. The molecule has 0 radical (unpaired) electrons. The van der Waals surface area contributed by atoms with Crippen LogP contribution in [0.4, 0.5) is 5.69 Å². The summed E-state index contributed by atoms with van der Waals surface area (Å²) >= 11 is 0. The van der Waals surface area contributed by atoms with Crippen molar-refractivity contribution in [1.82, 2.24) is 0 Å². The molecule has 0 bridgehead atoms. The fourth-order valence-corrected chi connectivity index (χ4v) is 2.60. The van der Waals surface area contributed by atoms with Crippen molar-refractivity contribution in [2.45, 2.75) is 65.2 Å². The second kappa shape index (κ2) is 11.2. The summed E-state index contributed by atoms with van der Waals surface area (Å²) in [4.78, 5) is 45.5. The standard InChI is InChI=1S/C20H27NO5/c1-14(22)16-11-17(15(2)23)13-18(12-16)21-19(24)9-7-5-3-4-6-8-10-20(25)26/h11-13H,3-10H2,1-2H3,(H,21,24)(H,25,26). The summed E-state index contributed by atoms with van der Waals surface area (Å²) in [5, 5.41) is 11.3. The normalized spacial score (nSPS) is 10.4. The van der Waals surface area contributed by atoms with E-state index in [0.717, 1.165) is 32.1 Å². The number of Topliss-reactive ketones (excluding diaryl/α,β-unsaturated/α-hetero) is 2. The number of benzene rings is 1. The van der Waals surface area contributed by atoms with Crippen LogP contribution in [0, 0.1) is 0 Å². The first-order chi connectivity index (χ1) is 12.3. The lowest BCUT2D eigenvalue weighted by Gasteiger charge is -2.09. The van der Waals surface area contributed by atoms with E-state index in [1.807, 2.05) is 0 Å². The Labute approximate surface area is 154 Å². The Morgan fingerprint density at radius 1 is 0.769 bits per heavy atom. The molecular formula is C20H27NO5. The molecule has 0 atom stereocenters. The maximum atomic E-state index is 12.0. The third kappa shape index (κ3) is 8.55. The van der Waals surface area contributed by atoms with Crippen LogP contribution in [0.3, 0.4) is 0 Å². The van der Waals surface area contributed by atoms with Gasteiger partial charge in [-0.2, -0.15) is 0 Å². The predicted octanol–water partition coefficient (Wildman–Crippen LogP) is 4.24. The largest absolute Gasteiger partial charge is 0.481 e. The molecule has 0 aromatic heterocycles. The Morgan fingerprint density at radius 2 is 1.23 bits per heavy atom. The number of hydrogen-bond acceptors (Lipinski definition) is 4. The summed E-state index contributed by atoms with van der Waals surface area (Å²) < 4.78 is 0. The Hall–Kier alpha value is -2.50. The third-order valence-electron chi connectivity index (χ3n) is 4.07. The zero-order valence-electron chi connectivity index (χ0n) is 15.5. The van der Waals surface area contributed by atoms with Crippen LogP contribution in [-0.2, 0) is 9.59 Å². The Balaban J connectivity index is 2.38. The van der Waals surface area contributed by atoms with Crippen LogP contribution in [0.1, 0.15) is 85.9 Å². The monoisotopic (exact) mass is 361 g/mol. The Kier molecular flexibility index (Phi) is 9.26.